The Labute approximate surface area is 138 Å². The molecule has 0 saturated carbocycles. The number of carbonyl (C=O) groups is 1. The molecule has 0 unspecified atom stereocenters. The van der Waals surface area contributed by atoms with Gasteiger partial charge in [-0.1, -0.05) is 18.5 Å². The van der Waals surface area contributed by atoms with Gasteiger partial charge in [0.25, 0.3) is 0 Å². The molecule has 1 aromatic carbocycles. The second kappa shape index (κ2) is 7.58. The molecule has 1 amide bonds. The number of hydrogen-bond acceptors (Lipinski definition) is 3. The van der Waals surface area contributed by atoms with Gasteiger partial charge in [0.15, 0.2) is 0 Å². The first kappa shape index (κ1) is 18.4. The first-order chi connectivity index (χ1) is 9.68. The minimum absolute atomic E-state index is 0.0383. The third-order valence-corrected chi connectivity index (χ3v) is 5.78. The van der Waals surface area contributed by atoms with Crippen LogP contribution in [-0.2, 0) is 14.8 Å². The molecule has 0 aliphatic carbocycles. The van der Waals surface area contributed by atoms with Gasteiger partial charge in [-0.25, -0.2) is 8.42 Å². The van der Waals surface area contributed by atoms with Crippen LogP contribution >= 0.6 is 27.5 Å². The van der Waals surface area contributed by atoms with E-state index in [2.05, 4.69) is 21.2 Å². The number of likely N-dealkylation sites (N-methyl/N-ethyl adjacent to an activating group) is 1. The fourth-order valence-electron chi connectivity index (χ4n) is 1.68. The lowest BCUT2D eigenvalue weighted by molar-refractivity contribution is -0.121. The zero-order valence-corrected chi connectivity index (χ0v) is 15.2. The van der Waals surface area contributed by atoms with Crippen molar-refractivity contribution in [3.63, 3.8) is 0 Å². The number of nitrogens with one attached hydrogen (secondary N) is 1. The summed E-state index contributed by atoms with van der Waals surface area (Å²) in [5.41, 5.74) is 0. The van der Waals surface area contributed by atoms with Crippen LogP contribution in [-0.4, -0.2) is 37.8 Å². The zero-order valence-electron chi connectivity index (χ0n) is 12.1. The van der Waals surface area contributed by atoms with Crippen molar-refractivity contribution in [3.05, 3.63) is 27.7 Å². The topological polar surface area (TPSA) is 66.5 Å². The maximum absolute atomic E-state index is 12.5. The number of nitrogens with zero attached hydrogens (tertiary/aromatic N) is 1. The number of rotatable bonds is 6. The van der Waals surface area contributed by atoms with E-state index in [-0.39, 0.29) is 29.9 Å². The molecule has 0 aromatic heterocycles. The number of amides is 1. The summed E-state index contributed by atoms with van der Waals surface area (Å²) in [6, 6.07) is 4.32. The number of benzene rings is 1. The Kier molecular flexibility index (Phi) is 6.65. The second-order valence-electron chi connectivity index (χ2n) is 4.73. The summed E-state index contributed by atoms with van der Waals surface area (Å²) in [5, 5.41) is 3.10. The second-order valence-corrected chi connectivity index (χ2v) is 7.93. The molecule has 0 heterocycles. The molecule has 1 N–H and O–H groups in total. The van der Waals surface area contributed by atoms with Gasteiger partial charge in [0.05, 0.1) is 16.5 Å². The minimum Gasteiger partial charge on any atom is -0.353 e. The van der Waals surface area contributed by atoms with E-state index in [0.29, 0.717) is 9.50 Å². The van der Waals surface area contributed by atoms with Crippen LogP contribution in [0.1, 0.15) is 20.8 Å². The SMILES string of the molecule is CCN(CC(=O)NC(C)C)S(=O)(=O)c1ccc(Cl)c(Br)c1. The lowest BCUT2D eigenvalue weighted by atomic mass is 10.4. The summed E-state index contributed by atoms with van der Waals surface area (Å²) >= 11 is 9.07. The minimum atomic E-state index is -3.74. The molecule has 1 aromatic rings. The molecular weight excluding hydrogens is 380 g/mol. The van der Waals surface area contributed by atoms with Crippen LogP contribution < -0.4 is 5.32 Å². The molecule has 1 rings (SSSR count). The van der Waals surface area contributed by atoms with Gasteiger partial charge in [0.2, 0.25) is 15.9 Å². The van der Waals surface area contributed by atoms with Crippen molar-refractivity contribution >= 4 is 43.5 Å². The summed E-state index contributed by atoms with van der Waals surface area (Å²) in [6.07, 6.45) is 0. The smallest absolute Gasteiger partial charge is 0.243 e. The molecule has 0 aliphatic heterocycles. The predicted molar refractivity (Wildman–Crippen MR) is 86.9 cm³/mol. The van der Waals surface area contributed by atoms with Crippen molar-refractivity contribution in [3.8, 4) is 0 Å². The average molecular weight is 398 g/mol. The van der Waals surface area contributed by atoms with E-state index in [0.717, 1.165) is 4.31 Å². The van der Waals surface area contributed by atoms with E-state index < -0.39 is 10.0 Å². The van der Waals surface area contributed by atoms with Crippen molar-refractivity contribution < 1.29 is 13.2 Å². The van der Waals surface area contributed by atoms with Crippen molar-refractivity contribution in [2.45, 2.75) is 31.7 Å². The first-order valence-electron chi connectivity index (χ1n) is 6.43. The van der Waals surface area contributed by atoms with Crippen molar-refractivity contribution in [2.24, 2.45) is 0 Å². The lowest BCUT2D eigenvalue weighted by Gasteiger charge is -2.21. The molecule has 21 heavy (non-hydrogen) atoms. The Morgan fingerprint density at radius 2 is 2.05 bits per heavy atom. The van der Waals surface area contributed by atoms with Crippen LogP contribution in [0.2, 0.25) is 5.02 Å². The largest absolute Gasteiger partial charge is 0.353 e. The van der Waals surface area contributed by atoms with E-state index in [1.807, 2.05) is 13.8 Å². The highest BCUT2D eigenvalue weighted by atomic mass is 79.9. The molecule has 5 nitrogen and oxygen atoms in total. The Hall–Kier alpha value is -0.630. The van der Waals surface area contributed by atoms with Gasteiger partial charge in [-0.3, -0.25) is 4.79 Å². The van der Waals surface area contributed by atoms with Gasteiger partial charge < -0.3 is 5.32 Å². The first-order valence-corrected chi connectivity index (χ1v) is 9.04. The van der Waals surface area contributed by atoms with Gasteiger partial charge in [0.1, 0.15) is 0 Å². The third-order valence-electron chi connectivity index (χ3n) is 2.65. The monoisotopic (exact) mass is 396 g/mol. The van der Waals surface area contributed by atoms with Crippen molar-refractivity contribution in [2.75, 3.05) is 13.1 Å². The molecule has 0 spiro atoms. The van der Waals surface area contributed by atoms with E-state index in [1.54, 1.807) is 6.92 Å². The Morgan fingerprint density at radius 1 is 1.43 bits per heavy atom. The molecular formula is C13H18BrClN2O3S. The van der Waals surface area contributed by atoms with Crippen LogP contribution in [0.3, 0.4) is 0 Å². The van der Waals surface area contributed by atoms with Crippen LogP contribution in [0.15, 0.2) is 27.6 Å². The number of hydrogen-bond donors (Lipinski definition) is 1. The van der Waals surface area contributed by atoms with E-state index >= 15 is 0 Å². The Bertz CT molecular complexity index is 620. The van der Waals surface area contributed by atoms with E-state index in [9.17, 15) is 13.2 Å². The predicted octanol–water partition coefficient (Wildman–Crippen LogP) is 2.64. The summed E-state index contributed by atoms with van der Waals surface area (Å²) in [7, 11) is -3.74. The molecule has 0 bridgehead atoms. The molecule has 8 heteroatoms. The van der Waals surface area contributed by atoms with Gasteiger partial charge in [-0.05, 0) is 48.0 Å². The Morgan fingerprint density at radius 3 is 2.52 bits per heavy atom. The van der Waals surface area contributed by atoms with Gasteiger partial charge in [-0.2, -0.15) is 4.31 Å². The standard InChI is InChI=1S/C13H18BrClN2O3S/c1-4-17(8-13(18)16-9(2)3)21(19,20)10-5-6-12(15)11(14)7-10/h5-7,9H,4,8H2,1-3H3,(H,16,18). The third kappa shape index (κ3) is 4.95. The summed E-state index contributed by atoms with van der Waals surface area (Å²) in [4.78, 5) is 11.9. The van der Waals surface area contributed by atoms with Crippen molar-refractivity contribution in [1.82, 2.24) is 9.62 Å². The summed E-state index contributed by atoms with van der Waals surface area (Å²) in [5.74, 6) is -0.330. The number of halogens is 2. The maximum atomic E-state index is 12.5. The van der Waals surface area contributed by atoms with Gasteiger partial charge in [0, 0.05) is 17.1 Å². The Balaban J connectivity index is 3.02. The van der Waals surface area contributed by atoms with E-state index in [1.165, 1.54) is 18.2 Å². The summed E-state index contributed by atoms with van der Waals surface area (Å²) < 4.78 is 26.7. The van der Waals surface area contributed by atoms with Gasteiger partial charge in [-0.15, -0.1) is 0 Å². The van der Waals surface area contributed by atoms with Crippen LogP contribution in [0.5, 0.6) is 0 Å². The quantitative estimate of drug-likeness (QED) is 0.802. The molecule has 0 saturated heterocycles. The van der Waals surface area contributed by atoms with Crippen LogP contribution in [0, 0.1) is 0 Å². The highest BCUT2D eigenvalue weighted by Crippen LogP contribution is 2.26. The number of carbonyl (C=O) groups excluding carboxylic acids is 1. The molecule has 0 aliphatic rings. The average Bonchev–Trinajstić information content (AvgIpc) is 2.37. The lowest BCUT2D eigenvalue weighted by Crippen LogP contribution is -2.42. The highest BCUT2D eigenvalue weighted by molar-refractivity contribution is 9.10. The van der Waals surface area contributed by atoms with Gasteiger partial charge >= 0.3 is 0 Å². The number of sulfonamides is 1. The maximum Gasteiger partial charge on any atom is 0.243 e. The van der Waals surface area contributed by atoms with Crippen LogP contribution in [0.25, 0.3) is 0 Å². The summed E-state index contributed by atoms with van der Waals surface area (Å²) in [6.45, 7) is 5.31. The normalized spacial score (nSPS) is 12.0. The fraction of sp³-hybridized carbons (Fsp3) is 0.462. The molecule has 0 radical (unpaired) electrons. The fourth-order valence-corrected chi connectivity index (χ4v) is 3.76. The molecule has 0 atom stereocenters. The van der Waals surface area contributed by atoms with Crippen LogP contribution in [0.4, 0.5) is 0 Å². The molecule has 0 fully saturated rings. The van der Waals surface area contributed by atoms with E-state index in [4.69, 9.17) is 11.6 Å². The highest BCUT2D eigenvalue weighted by Gasteiger charge is 2.25. The molecule has 118 valence electrons. The zero-order chi connectivity index (χ0) is 16.2. The van der Waals surface area contributed by atoms with Crippen molar-refractivity contribution in [1.29, 1.82) is 0 Å².